The lowest BCUT2D eigenvalue weighted by Crippen LogP contribution is -2.11. The van der Waals surface area contributed by atoms with Crippen LogP contribution in [0, 0.1) is 5.82 Å². The van der Waals surface area contributed by atoms with Crippen LogP contribution in [0.2, 0.25) is 5.02 Å². The van der Waals surface area contributed by atoms with Gasteiger partial charge in [0, 0.05) is 18.9 Å². The SMILES string of the molecule is Fc1ccc(Cl)c(NCCn2cccn2)c1. The summed E-state index contributed by atoms with van der Waals surface area (Å²) in [5, 5.41) is 7.63. The van der Waals surface area contributed by atoms with Crippen LogP contribution in [0.5, 0.6) is 0 Å². The molecule has 1 N–H and O–H groups in total. The van der Waals surface area contributed by atoms with Crippen LogP contribution >= 0.6 is 11.6 Å². The van der Waals surface area contributed by atoms with E-state index in [1.165, 1.54) is 18.2 Å². The molecule has 1 heterocycles. The van der Waals surface area contributed by atoms with E-state index in [1.54, 1.807) is 10.9 Å². The Morgan fingerprint density at radius 3 is 3.06 bits per heavy atom. The molecule has 0 unspecified atom stereocenters. The average Bonchev–Trinajstić information content (AvgIpc) is 2.76. The molecule has 84 valence electrons. The molecule has 5 heteroatoms. The minimum atomic E-state index is -0.300. The molecule has 0 fully saturated rings. The lowest BCUT2D eigenvalue weighted by Gasteiger charge is -2.08. The summed E-state index contributed by atoms with van der Waals surface area (Å²) in [6.45, 7) is 1.35. The van der Waals surface area contributed by atoms with E-state index in [9.17, 15) is 4.39 Å². The fraction of sp³-hybridized carbons (Fsp3) is 0.182. The van der Waals surface area contributed by atoms with E-state index in [4.69, 9.17) is 11.6 Å². The van der Waals surface area contributed by atoms with Crippen LogP contribution in [0.4, 0.5) is 10.1 Å². The zero-order valence-electron chi connectivity index (χ0n) is 8.53. The highest BCUT2D eigenvalue weighted by Crippen LogP contribution is 2.21. The second kappa shape index (κ2) is 4.99. The largest absolute Gasteiger partial charge is 0.382 e. The van der Waals surface area contributed by atoms with Gasteiger partial charge in [-0.1, -0.05) is 11.6 Å². The topological polar surface area (TPSA) is 29.9 Å². The first kappa shape index (κ1) is 11.0. The number of aromatic nitrogens is 2. The minimum absolute atomic E-state index is 0.300. The van der Waals surface area contributed by atoms with E-state index >= 15 is 0 Å². The molecule has 0 amide bonds. The van der Waals surface area contributed by atoms with Crippen molar-refractivity contribution in [1.29, 1.82) is 0 Å². The highest BCUT2D eigenvalue weighted by atomic mass is 35.5. The first-order valence-electron chi connectivity index (χ1n) is 4.92. The van der Waals surface area contributed by atoms with Crippen molar-refractivity contribution in [2.45, 2.75) is 6.54 Å². The number of hydrogen-bond donors (Lipinski definition) is 1. The zero-order valence-corrected chi connectivity index (χ0v) is 9.28. The number of nitrogens with zero attached hydrogens (tertiary/aromatic N) is 2. The summed E-state index contributed by atoms with van der Waals surface area (Å²) in [6.07, 6.45) is 3.59. The molecule has 0 saturated heterocycles. The number of hydrogen-bond acceptors (Lipinski definition) is 2. The first-order valence-corrected chi connectivity index (χ1v) is 5.30. The average molecular weight is 240 g/mol. The monoisotopic (exact) mass is 239 g/mol. The standard InChI is InChI=1S/C11H11ClFN3/c12-10-3-2-9(13)8-11(10)14-5-7-16-6-1-4-15-16/h1-4,6,8,14H,5,7H2. The van der Waals surface area contributed by atoms with Crippen molar-refractivity contribution in [3.8, 4) is 0 Å². The quantitative estimate of drug-likeness (QED) is 0.889. The van der Waals surface area contributed by atoms with Crippen molar-refractivity contribution in [1.82, 2.24) is 9.78 Å². The summed E-state index contributed by atoms with van der Waals surface area (Å²) in [7, 11) is 0. The molecule has 0 aliphatic rings. The molecule has 3 nitrogen and oxygen atoms in total. The molecule has 0 saturated carbocycles. The van der Waals surface area contributed by atoms with E-state index in [2.05, 4.69) is 10.4 Å². The molecule has 0 bridgehead atoms. The first-order chi connectivity index (χ1) is 7.75. The predicted octanol–water partition coefficient (Wildman–Crippen LogP) is 2.79. The summed E-state index contributed by atoms with van der Waals surface area (Å²) in [4.78, 5) is 0. The molecule has 0 aliphatic heterocycles. The maximum absolute atomic E-state index is 12.9. The summed E-state index contributed by atoms with van der Waals surface area (Å²) in [6, 6.07) is 6.11. The van der Waals surface area contributed by atoms with Crippen LogP contribution in [0.15, 0.2) is 36.7 Å². The van der Waals surface area contributed by atoms with Crippen molar-refractivity contribution < 1.29 is 4.39 Å². The van der Waals surface area contributed by atoms with Gasteiger partial charge in [-0.05, 0) is 24.3 Å². The van der Waals surface area contributed by atoms with Crippen LogP contribution in [0.25, 0.3) is 0 Å². The normalized spacial score (nSPS) is 10.4. The van der Waals surface area contributed by atoms with Gasteiger partial charge in [0.15, 0.2) is 0 Å². The molecule has 0 aliphatic carbocycles. The van der Waals surface area contributed by atoms with Gasteiger partial charge >= 0.3 is 0 Å². The fourth-order valence-corrected chi connectivity index (χ4v) is 1.56. The predicted molar refractivity (Wildman–Crippen MR) is 62.1 cm³/mol. The van der Waals surface area contributed by atoms with Crippen molar-refractivity contribution in [3.05, 3.63) is 47.5 Å². The van der Waals surface area contributed by atoms with Crippen molar-refractivity contribution in [2.24, 2.45) is 0 Å². The third-order valence-electron chi connectivity index (χ3n) is 2.14. The summed E-state index contributed by atoms with van der Waals surface area (Å²) < 4.78 is 14.7. The smallest absolute Gasteiger partial charge is 0.125 e. The van der Waals surface area contributed by atoms with Crippen molar-refractivity contribution in [3.63, 3.8) is 0 Å². The van der Waals surface area contributed by atoms with E-state index in [-0.39, 0.29) is 5.82 Å². The Morgan fingerprint density at radius 2 is 2.31 bits per heavy atom. The van der Waals surface area contributed by atoms with Crippen LogP contribution in [-0.4, -0.2) is 16.3 Å². The number of rotatable bonds is 4. The van der Waals surface area contributed by atoms with Gasteiger partial charge in [-0.2, -0.15) is 5.10 Å². The van der Waals surface area contributed by atoms with Gasteiger partial charge < -0.3 is 5.32 Å². The molecule has 0 atom stereocenters. The van der Waals surface area contributed by atoms with Crippen molar-refractivity contribution >= 4 is 17.3 Å². The van der Waals surface area contributed by atoms with Crippen LogP contribution in [0.3, 0.4) is 0 Å². The lowest BCUT2D eigenvalue weighted by atomic mass is 10.3. The van der Waals surface area contributed by atoms with Crippen molar-refractivity contribution in [2.75, 3.05) is 11.9 Å². The Morgan fingerprint density at radius 1 is 1.44 bits per heavy atom. The van der Waals surface area contributed by atoms with Gasteiger partial charge in [-0.3, -0.25) is 4.68 Å². The Labute approximate surface area is 97.8 Å². The Kier molecular flexibility index (Phi) is 3.41. The van der Waals surface area contributed by atoms with Gasteiger partial charge in [0.25, 0.3) is 0 Å². The van der Waals surface area contributed by atoms with Gasteiger partial charge in [0.05, 0.1) is 17.3 Å². The third-order valence-corrected chi connectivity index (χ3v) is 2.47. The molecule has 1 aromatic heterocycles. The Hall–Kier alpha value is -1.55. The molecule has 16 heavy (non-hydrogen) atoms. The molecule has 0 spiro atoms. The number of halogens is 2. The summed E-state index contributed by atoms with van der Waals surface area (Å²) in [5.41, 5.74) is 0.605. The molecule has 0 radical (unpaired) electrons. The van der Waals surface area contributed by atoms with Gasteiger partial charge in [-0.25, -0.2) is 4.39 Å². The molecular weight excluding hydrogens is 229 g/mol. The number of anilines is 1. The van der Waals surface area contributed by atoms with Gasteiger partial charge in [0.2, 0.25) is 0 Å². The Balaban J connectivity index is 1.92. The maximum atomic E-state index is 12.9. The highest BCUT2D eigenvalue weighted by Gasteiger charge is 2.01. The van der Waals surface area contributed by atoms with Gasteiger partial charge in [0.1, 0.15) is 5.82 Å². The lowest BCUT2D eigenvalue weighted by molar-refractivity contribution is 0.625. The van der Waals surface area contributed by atoms with Crippen LogP contribution in [0.1, 0.15) is 0 Å². The fourth-order valence-electron chi connectivity index (χ4n) is 1.37. The number of benzene rings is 1. The molecule has 1 aromatic carbocycles. The second-order valence-corrected chi connectivity index (χ2v) is 3.73. The Bertz CT molecular complexity index is 456. The third kappa shape index (κ3) is 2.73. The van der Waals surface area contributed by atoms with E-state index in [0.717, 1.165) is 0 Å². The van der Waals surface area contributed by atoms with E-state index in [0.29, 0.717) is 23.8 Å². The minimum Gasteiger partial charge on any atom is -0.382 e. The molecular formula is C11H11ClFN3. The maximum Gasteiger partial charge on any atom is 0.125 e. The summed E-state index contributed by atoms with van der Waals surface area (Å²) in [5.74, 6) is -0.300. The summed E-state index contributed by atoms with van der Waals surface area (Å²) >= 11 is 5.91. The molecule has 2 aromatic rings. The van der Waals surface area contributed by atoms with Crippen LogP contribution < -0.4 is 5.32 Å². The number of nitrogens with one attached hydrogen (secondary N) is 1. The zero-order chi connectivity index (χ0) is 11.4. The van der Waals surface area contributed by atoms with Gasteiger partial charge in [-0.15, -0.1) is 0 Å². The van der Waals surface area contributed by atoms with E-state index in [1.807, 2.05) is 12.3 Å². The van der Waals surface area contributed by atoms with Crippen LogP contribution in [-0.2, 0) is 6.54 Å². The van der Waals surface area contributed by atoms with E-state index < -0.39 is 0 Å². The molecule has 2 rings (SSSR count). The second-order valence-electron chi connectivity index (χ2n) is 3.32. The highest BCUT2D eigenvalue weighted by molar-refractivity contribution is 6.33.